The van der Waals surface area contributed by atoms with E-state index in [2.05, 4.69) is 10.00 Å². The molecule has 0 spiro atoms. The molecule has 3 aromatic rings. The Hall–Kier alpha value is -3.59. The van der Waals surface area contributed by atoms with E-state index in [9.17, 15) is 14.0 Å². The van der Waals surface area contributed by atoms with E-state index in [1.165, 1.54) is 12.1 Å². The van der Waals surface area contributed by atoms with Crippen LogP contribution in [-0.4, -0.2) is 76.5 Å². The van der Waals surface area contributed by atoms with E-state index < -0.39 is 5.60 Å². The van der Waals surface area contributed by atoms with E-state index in [1.54, 1.807) is 23.2 Å². The van der Waals surface area contributed by atoms with Gasteiger partial charge in [-0.25, -0.2) is 13.9 Å². The number of anilines is 1. The maximum atomic E-state index is 13.9. The summed E-state index contributed by atoms with van der Waals surface area (Å²) in [4.78, 5) is 32.3. The van der Waals surface area contributed by atoms with Crippen LogP contribution < -0.4 is 4.90 Å². The van der Waals surface area contributed by atoms with Gasteiger partial charge in [0.2, 0.25) is 0 Å². The number of hydrogen-bond donors (Lipinski definition) is 0. The third kappa shape index (κ3) is 6.25. The first kappa shape index (κ1) is 28.0. The number of piperazine rings is 1. The van der Waals surface area contributed by atoms with Crippen LogP contribution in [0.15, 0.2) is 54.7 Å². The molecule has 0 aliphatic carbocycles. The molecule has 2 amide bonds. The predicted octanol–water partition coefficient (Wildman–Crippen LogP) is 5.74. The quantitative estimate of drug-likeness (QED) is 0.402. The first-order chi connectivity index (χ1) is 19.1. The average Bonchev–Trinajstić information content (AvgIpc) is 3.38. The summed E-state index contributed by atoms with van der Waals surface area (Å²) in [6, 6.07) is 13.9. The standard InChI is InChI=1S/C30H35ClFN5O3/c1-30(2,3)40-29(39)36-14-12-21(13-15-36)27-26(20-33-37(27)25-8-4-22(31)5-9-25)28(38)35-18-16-34(17-19-35)24-10-6-23(32)7-11-24/h4-11,20-21H,12-19H2,1-3H3. The summed E-state index contributed by atoms with van der Waals surface area (Å²) < 4.78 is 20.8. The number of carbonyl (C=O) groups excluding carboxylic acids is 2. The molecule has 2 fully saturated rings. The van der Waals surface area contributed by atoms with E-state index in [0.717, 1.165) is 17.1 Å². The number of hydrogen-bond acceptors (Lipinski definition) is 5. The molecule has 10 heteroatoms. The second kappa shape index (κ2) is 11.5. The highest BCUT2D eigenvalue weighted by atomic mass is 35.5. The summed E-state index contributed by atoms with van der Waals surface area (Å²) >= 11 is 6.14. The molecule has 0 saturated carbocycles. The van der Waals surface area contributed by atoms with Gasteiger partial charge < -0.3 is 19.4 Å². The van der Waals surface area contributed by atoms with Crippen LogP contribution in [0.4, 0.5) is 14.9 Å². The molecule has 8 nitrogen and oxygen atoms in total. The van der Waals surface area contributed by atoms with Crippen LogP contribution in [0.5, 0.6) is 0 Å². The van der Waals surface area contributed by atoms with E-state index in [1.807, 2.05) is 54.6 Å². The third-order valence-corrected chi connectivity index (χ3v) is 7.65. The fourth-order valence-corrected chi connectivity index (χ4v) is 5.48. The van der Waals surface area contributed by atoms with Crippen LogP contribution >= 0.6 is 11.6 Å². The molecule has 1 aromatic heterocycles. The van der Waals surface area contributed by atoms with Gasteiger partial charge in [-0.2, -0.15) is 5.10 Å². The molecule has 0 bridgehead atoms. The van der Waals surface area contributed by atoms with Crippen LogP contribution in [0, 0.1) is 5.82 Å². The van der Waals surface area contributed by atoms with Crippen molar-refractivity contribution in [1.29, 1.82) is 0 Å². The van der Waals surface area contributed by atoms with Crippen LogP contribution in [0.1, 0.15) is 55.6 Å². The van der Waals surface area contributed by atoms with Gasteiger partial charge in [-0.15, -0.1) is 0 Å². The van der Waals surface area contributed by atoms with E-state index >= 15 is 0 Å². The zero-order valence-electron chi connectivity index (χ0n) is 23.1. The van der Waals surface area contributed by atoms with Gasteiger partial charge in [-0.05, 0) is 82.1 Å². The van der Waals surface area contributed by atoms with Gasteiger partial charge >= 0.3 is 6.09 Å². The lowest BCUT2D eigenvalue weighted by Gasteiger charge is -2.37. The number of nitrogens with zero attached hydrogens (tertiary/aromatic N) is 5. The van der Waals surface area contributed by atoms with Crippen molar-refractivity contribution in [3.05, 3.63) is 76.8 Å². The van der Waals surface area contributed by atoms with Crippen LogP contribution in [0.2, 0.25) is 5.02 Å². The van der Waals surface area contributed by atoms with Crippen molar-refractivity contribution in [3.8, 4) is 5.69 Å². The highest BCUT2D eigenvalue weighted by molar-refractivity contribution is 6.30. The summed E-state index contributed by atoms with van der Waals surface area (Å²) in [6.45, 7) is 9.08. The minimum Gasteiger partial charge on any atom is -0.444 e. The van der Waals surface area contributed by atoms with Gasteiger partial charge in [-0.3, -0.25) is 4.79 Å². The largest absolute Gasteiger partial charge is 0.444 e. The molecule has 2 aliphatic heterocycles. The number of ether oxygens (including phenoxy) is 1. The van der Waals surface area contributed by atoms with Crippen LogP contribution in [-0.2, 0) is 4.74 Å². The van der Waals surface area contributed by atoms with Crippen molar-refractivity contribution < 1.29 is 18.7 Å². The SMILES string of the molecule is CC(C)(C)OC(=O)N1CCC(c2c(C(=O)N3CCN(c4ccc(F)cc4)CC3)cnn2-c2ccc(Cl)cc2)CC1. The number of halogens is 2. The predicted molar refractivity (Wildman–Crippen MR) is 153 cm³/mol. The van der Waals surface area contributed by atoms with Crippen LogP contribution in [0.3, 0.4) is 0 Å². The summed E-state index contributed by atoms with van der Waals surface area (Å²) in [7, 11) is 0. The Kier molecular flexibility index (Phi) is 8.03. The summed E-state index contributed by atoms with van der Waals surface area (Å²) in [5.41, 5.74) is 2.66. The molecule has 212 valence electrons. The normalized spacial score (nSPS) is 16.8. The lowest BCUT2D eigenvalue weighted by molar-refractivity contribution is 0.0203. The Bertz CT molecular complexity index is 1340. The van der Waals surface area contributed by atoms with Crippen molar-refractivity contribution in [2.45, 2.75) is 45.1 Å². The molecule has 0 atom stereocenters. The molecule has 3 heterocycles. The molecule has 2 aliphatic rings. The average molecular weight is 568 g/mol. The number of likely N-dealkylation sites (tertiary alicyclic amines) is 1. The van der Waals surface area contributed by atoms with Gasteiger partial charge in [-0.1, -0.05) is 11.6 Å². The minimum absolute atomic E-state index is 0.0383. The zero-order valence-corrected chi connectivity index (χ0v) is 23.9. The number of carbonyl (C=O) groups is 2. The molecular formula is C30H35ClFN5O3. The van der Waals surface area contributed by atoms with Crippen molar-refractivity contribution in [3.63, 3.8) is 0 Å². The fraction of sp³-hybridized carbons (Fsp3) is 0.433. The van der Waals surface area contributed by atoms with Crippen LogP contribution in [0.25, 0.3) is 5.69 Å². The van der Waals surface area contributed by atoms with Crippen molar-refractivity contribution in [1.82, 2.24) is 19.6 Å². The number of piperidine rings is 1. The molecule has 2 aromatic carbocycles. The molecule has 0 N–H and O–H groups in total. The van der Waals surface area contributed by atoms with E-state index in [0.29, 0.717) is 62.7 Å². The second-order valence-electron chi connectivity index (χ2n) is 11.3. The molecule has 5 rings (SSSR count). The number of amides is 2. The first-order valence-corrected chi connectivity index (χ1v) is 14.1. The first-order valence-electron chi connectivity index (χ1n) is 13.7. The highest BCUT2D eigenvalue weighted by Crippen LogP contribution is 2.34. The highest BCUT2D eigenvalue weighted by Gasteiger charge is 2.34. The van der Waals surface area contributed by atoms with Crippen molar-refractivity contribution in [2.75, 3.05) is 44.2 Å². The lowest BCUT2D eigenvalue weighted by Crippen LogP contribution is -2.49. The van der Waals surface area contributed by atoms with Gasteiger partial charge in [0, 0.05) is 55.9 Å². The Balaban J connectivity index is 1.35. The molecule has 40 heavy (non-hydrogen) atoms. The topological polar surface area (TPSA) is 70.9 Å². The molecular weight excluding hydrogens is 533 g/mol. The summed E-state index contributed by atoms with van der Waals surface area (Å²) in [5.74, 6) is -0.278. The molecule has 2 saturated heterocycles. The Morgan fingerprint density at radius 3 is 2.08 bits per heavy atom. The van der Waals surface area contributed by atoms with Crippen molar-refractivity contribution in [2.24, 2.45) is 0 Å². The summed E-state index contributed by atoms with van der Waals surface area (Å²) in [6.07, 6.45) is 2.74. The second-order valence-corrected chi connectivity index (χ2v) is 11.8. The van der Waals surface area contributed by atoms with Gasteiger partial charge in [0.05, 0.1) is 23.1 Å². The zero-order chi connectivity index (χ0) is 28.4. The lowest BCUT2D eigenvalue weighted by atomic mass is 9.90. The molecule has 0 unspecified atom stereocenters. The Morgan fingerprint density at radius 1 is 0.875 bits per heavy atom. The van der Waals surface area contributed by atoms with Gasteiger partial charge in [0.1, 0.15) is 11.4 Å². The maximum Gasteiger partial charge on any atom is 0.410 e. The van der Waals surface area contributed by atoms with Gasteiger partial charge in [0.15, 0.2) is 0 Å². The summed E-state index contributed by atoms with van der Waals surface area (Å²) in [5, 5.41) is 5.28. The minimum atomic E-state index is -0.554. The van der Waals surface area contributed by atoms with E-state index in [4.69, 9.17) is 16.3 Å². The number of aromatic nitrogens is 2. The number of benzene rings is 2. The van der Waals surface area contributed by atoms with E-state index in [-0.39, 0.29) is 23.7 Å². The fourth-order valence-electron chi connectivity index (χ4n) is 5.36. The van der Waals surface area contributed by atoms with Crippen molar-refractivity contribution >= 4 is 29.3 Å². The monoisotopic (exact) mass is 567 g/mol. The Morgan fingerprint density at radius 2 is 1.48 bits per heavy atom. The maximum absolute atomic E-state index is 13.9. The molecule has 0 radical (unpaired) electrons. The Labute approximate surface area is 239 Å². The third-order valence-electron chi connectivity index (χ3n) is 7.40. The smallest absolute Gasteiger partial charge is 0.410 e. The number of rotatable bonds is 4. The van der Waals surface area contributed by atoms with Gasteiger partial charge in [0.25, 0.3) is 5.91 Å².